The Morgan fingerprint density at radius 1 is 1.47 bits per heavy atom. The third-order valence-electron chi connectivity index (χ3n) is 3.54. The van der Waals surface area contributed by atoms with Crippen LogP contribution in [0.5, 0.6) is 0 Å². The smallest absolute Gasteiger partial charge is 0.326 e. The maximum atomic E-state index is 13.2. The number of hydrogen-bond acceptors (Lipinski definition) is 2. The Bertz CT molecular complexity index is 503. The largest absolute Gasteiger partial charge is 0.480 e. The summed E-state index contributed by atoms with van der Waals surface area (Å²) in [6, 6.07) is 5.11. The van der Waals surface area contributed by atoms with Crippen LogP contribution < -0.4 is 0 Å². The molecule has 0 bridgehead atoms. The van der Waals surface area contributed by atoms with E-state index in [0.717, 1.165) is 0 Å². The fraction of sp³-hybridized carbons (Fsp3) is 0.429. The van der Waals surface area contributed by atoms with Gasteiger partial charge >= 0.3 is 5.97 Å². The van der Waals surface area contributed by atoms with Crippen molar-refractivity contribution >= 4 is 11.9 Å². The van der Waals surface area contributed by atoms with Crippen molar-refractivity contribution < 1.29 is 19.1 Å². The summed E-state index contributed by atoms with van der Waals surface area (Å²) in [5.41, 5.74) is 0.570. The van der Waals surface area contributed by atoms with Gasteiger partial charge in [0, 0.05) is 6.54 Å². The van der Waals surface area contributed by atoms with Crippen molar-refractivity contribution in [3.8, 4) is 0 Å². The number of benzene rings is 1. The second-order valence-corrected chi connectivity index (χ2v) is 4.80. The maximum absolute atomic E-state index is 13.2. The van der Waals surface area contributed by atoms with E-state index in [2.05, 4.69) is 0 Å². The highest BCUT2D eigenvalue weighted by atomic mass is 19.1. The number of halogens is 1. The van der Waals surface area contributed by atoms with Crippen LogP contribution in [0.1, 0.15) is 31.2 Å². The van der Waals surface area contributed by atoms with Gasteiger partial charge in [0.1, 0.15) is 11.9 Å². The number of likely N-dealkylation sites (tertiary alicyclic amines) is 1. The van der Waals surface area contributed by atoms with E-state index in [4.69, 9.17) is 5.11 Å². The van der Waals surface area contributed by atoms with Crippen LogP contribution in [-0.4, -0.2) is 34.5 Å². The number of carboxylic acids is 1. The molecule has 1 aromatic carbocycles. The summed E-state index contributed by atoms with van der Waals surface area (Å²) >= 11 is 0. The van der Waals surface area contributed by atoms with Crippen LogP contribution in [-0.2, 0) is 9.59 Å². The number of hydrogen-bond donors (Lipinski definition) is 1. The molecule has 2 rings (SSSR count). The van der Waals surface area contributed by atoms with Crippen molar-refractivity contribution in [1.29, 1.82) is 0 Å². The monoisotopic (exact) mass is 265 g/mol. The standard InChI is InChI=1S/C14H16FNO3/c1-9(10-4-2-5-11(15)8-10)13(17)16-7-3-6-12(16)14(18)19/h2,4-5,8-9,12H,3,6-7H2,1H3,(H,18,19)/t9-,12+/m1/s1. The minimum absolute atomic E-state index is 0.254. The topological polar surface area (TPSA) is 57.6 Å². The number of aliphatic carboxylic acids is 1. The molecule has 0 aliphatic carbocycles. The number of amides is 1. The number of carboxylic acid groups (broad SMARTS) is 1. The van der Waals surface area contributed by atoms with E-state index in [0.29, 0.717) is 24.9 Å². The minimum Gasteiger partial charge on any atom is -0.480 e. The second-order valence-electron chi connectivity index (χ2n) is 4.80. The first kappa shape index (κ1) is 13.5. The van der Waals surface area contributed by atoms with E-state index in [1.807, 2.05) is 0 Å². The third kappa shape index (κ3) is 2.75. The van der Waals surface area contributed by atoms with Gasteiger partial charge < -0.3 is 10.0 Å². The molecule has 0 spiro atoms. The second kappa shape index (κ2) is 5.38. The minimum atomic E-state index is -0.975. The van der Waals surface area contributed by atoms with E-state index in [1.54, 1.807) is 19.1 Å². The van der Waals surface area contributed by atoms with Gasteiger partial charge in [0.05, 0.1) is 5.92 Å². The molecule has 1 aliphatic rings. The van der Waals surface area contributed by atoms with Crippen LogP contribution in [0, 0.1) is 5.82 Å². The van der Waals surface area contributed by atoms with Gasteiger partial charge in [-0.05, 0) is 37.5 Å². The molecule has 1 fully saturated rings. The van der Waals surface area contributed by atoms with Gasteiger partial charge in [-0.1, -0.05) is 12.1 Å². The van der Waals surface area contributed by atoms with Gasteiger partial charge in [-0.15, -0.1) is 0 Å². The zero-order valence-electron chi connectivity index (χ0n) is 10.7. The maximum Gasteiger partial charge on any atom is 0.326 e. The SMILES string of the molecule is C[C@@H](C(=O)N1CCC[C@H]1C(=O)O)c1cccc(F)c1. The molecule has 0 aromatic heterocycles. The Kier molecular flexibility index (Phi) is 3.83. The van der Waals surface area contributed by atoms with Crippen LogP contribution in [0.2, 0.25) is 0 Å². The lowest BCUT2D eigenvalue weighted by Gasteiger charge is -2.25. The van der Waals surface area contributed by atoms with Gasteiger partial charge in [-0.25, -0.2) is 9.18 Å². The molecule has 1 N–H and O–H groups in total. The zero-order valence-corrected chi connectivity index (χ0v) is 10.7. The number of carbonyl (C=O) groups is 2. The molecule has 1 aliphatic heterocycles. The van der Waals surface area contributed by atoms with Crippen LogP contribution in [0.25, 0.3) is 0 Å². The van der Waals surface area contributed by atoms with E-state index in [-0.39, 0.29) is 5.91 Å². The fourth-order valence-electron chi connectivity index (χ4n) is 2.45. The first-order chi connectivity index (χ1) is 9.00. The van der Waals surface area contributed by atoms with E-state index in [9.17, 15) is 14.0 Å². The zero-order chi connectivity index (χ0) is 14.0. The molecule has 2 atom stereocenters. The van der Waals surface area contributed by atoms with E-state index >= 15 is 0 Å². The van der Waals surface area contributed by atoms with Gasteiger partial charge in [0.25, 0.3) is 0 Å². The van der Waals surface area contributed by atoms with Crippen molar-refractivity contribution in [1.82, 2.24) is 4.90 Å². The predicted octanol–water partition coefficient (Wildman–Crippen LogP) is 2.00. The van der Waals surface area contributed by atoms with Gasteiger partial charge in [0.15, 0.2) is 0 Å². The molecule has 1 saturated heterocycles. The summed E-state index contributed by atoms with van der Waals surface area (Å²) in [6.45, 7) is 2.13. The molecule has 0 unspecified atom stereocenters. The van der Waals surface area contributed by atoms with Gasteiger partial charge in [0.2, 0.25) is 5.91 Å². The molecule has 0 radical (unpaired) electrons. The summed E-state index contributed by atoms with van der Waals surface area (Å²) in [6.07, 6.45) is 1.18. The lowest BCUT2D eigenvalue weighted by molar-refractivity contribution is -0.148. The molecule has 1 heterocycles. The molecule has 5 heteroatoms. The number of nitrogens with zero attached hydrogens (tertiary/aromatic N) is 1. The summed E-state index contributed by atoms with van der Waals surface area (Å²) in [5, 5.41) is 9.08. The highest BCUT2D eigenvalue weighted by molar-refractivity contribution is 5.88. The normalized spacial score (nSPS) is 20.3. The van der Waals surface area contributed by atoms with Crippen LogP contribution in [0.15, 0.2) is 24.3 Å². The van der Waals surface area contributed by atoms with Crippen LogP contribution >= 0.6 is 0 Å². The Labute approximate surface area is 110 Å². The van der Waals surface area contributed by atoms with Crippen LogP contribution in [0.3, 0.4) is 0 Å². The first-order valence-corrected chi connectivity index (χ1v) is 6.29. The average Bonchev–Trinajstić information content (AvgIpc) is 2.86. The lowest BCUT2D eigenvalue weighted by Crippen LogP contribution is -2.42. The first-order valence-electron chi connectivity index (χ1n) is 6.29. The summed E-state index contributed by atoms with van der Waals surface area (Å²) in [5.74, 6) is -2.16. The average molecular weight is 265 g/mol. The quantitative estimate of drug-likeness (QED) is 0.909. The third-order valence-corrected chi connectivity index (χ3v) is 3.54. The Hall–Kier alpha value is -1.91. The van der Waals surface area contributed by atoms with Crippen molar-refractivity contribution in [3.05, 3.63) is 35.6 Å². The molecular weight excluding hydrogens is 249 g/mol. The highest BCUT2D eigenvalue weighted by Crippen LogP contribution is 2.25. The van der Waals surface area contributed by atoms with Gasteiger partial charge in [-0.3, -0.25) is 4.79 Å². The molecule has 102 valence electrons. The number of rotatable bonds is 3. The number of carbonyl (C=O) groups excluding carboxylic acids is 1. The van der Waals surface area contributed by atoms with Gasteiger partial charge in [-0.2, -0.15) is 0 Å². The Morgan fingerprint density at radius 3 is 2.84 bits per heavy atom. The van der Waals surface area contributed by atoms with Crippen LogP contribution in [0.4, 0.5) is 4.39 Å². The summed E-state index contributed by atoms with van der Waals surface area (Å²) < 4.78 is 13.2. The Balaban J connectivity index is 2.17. The Morgan fingerprint density at radius 2 is 2.21 bits per heavy atom. The highest BCUT2D eigenvalue weighted by Gasteiger charge is 2.36. The van der Waals surface area contributed by atoms with E-state index < -0.39 is 23.7 Å². The molecule has 0 saturated carbocycles. The molecule has 19 heavy (non-hydrogen) atoms. The van der Waals surface area contributed by atoms with Crippen molar-refractivity contribution in [3.63, 3.8) is 0 Å². The van der Waals surface area contributed by atoms with Crippen molar-refractivity contribution in [2.24, 2.45) is 0 Å². The lowest BCUT2D eigenvalue weighted by atomic mass is 9.99. The molecule has 4 nitrogen and oxygen atoms in total. The van der Waals surface area contributed by atoms with Crippen molar-refractivity contribution in [2.75, 3.05) is 6.54 Å². The summed E-state index contributed by atoms with van der Waals surface area (Å²) in [4.78, 5) is 24.8. The fourth-order valence-corrected chi connectivity index (χ4v) is 2.45. The molecular formula is C14H16FNO3. The van der Waals surface area contributed by atoms with Crippen molar-refractivity contribution in [2.45, 2.75) is 31.7 Å². The molecule has 1 aromatic rings. The predicted molar refractivity (Wildman–Crippen MR) is 67.2 cm³/mol. The summed E-state index contributed by atoms with van der Waals surface area (Å²) in [7, 11) is 0. The molecule has 1 amide bonds. The van der Waals surface area contributed by atoms with E-state index in [1.165, 1.54) is 17.0 Å².